The Morgan fingerprint density at radius 3 is 1.49 bits per heavy atom. The van der Waals surface area contributed by atoms with Gasteiger partial charge in [-0.1, -0.05) is 164 Å². The molecule has 0 aromatic rings. The maximum Gasteiger partial charge on any atom is 0.306 e. The summed E-state index contributed by atoms with van der Waals surface area (Å²) in [4.78, 5) is 25.1. The third kappa shape index (κ3) is 46.9. The van der Waals surface area contributed by atoms with Crippen LogP contribution in [-0.2, 0) is 27.9 Å². The van der Waals surface area contributed by atoms with E-state index in [4.69, 9.17) is 18.5 Å². The van der Waals surface area contributed by atoms with Crippen LogP contribution in [0.3, 0.4) is 0 Å². The summed E-state index contributed by atoms with van der Waals surface area (Å²) >= 11 is 0. The molecule has 0 saturated carbocycles. The first-order valence-corrected chi connectivity index (χ1v) is 25.1. The maximum atomic E-state index is 12.7. The molecule has 0 radical (unpaired) electrons. The summed E-state index contributed by atoms with van der Waals surface area (Å²) in [7, 11) is 1.33. The number of hydrogen-bond donors (Lipinski definition) is 0. The third-order valence-corrected chi connectivity index (χ3v) is 10.7. The van der Waals surface area contributed by atoms with Crippen molar-refractivity contribution in [3.05, 3.63) is 72.9 Å². The van der Waals surface area contributed by atoms with Crippen LogP contribution < -0.4 is 4.89 Å². The highest BCUT2D eigenvalue weighted by molar-refractivity contribution is 7.45. The molecule has 0 heterocycles. The van der Waals surface area contributed by atoms with E-state index in [0.29, 0.717) is 24.1 Å². The van der Waals surface area contributed by atoms with E-state index in [-0.39, 0.29) is 25.8 Å². The highest BCUT2D eigenvalue weighted by Crippen LogP contribution is 2.38. The number of phosphoric ester groups is 1. The lowest BCUT2D eigenvalue weighted by molar-refractivity contribution is -0.870. The number of hydrogen-bond acceptors (Lipinski definition) is 7. The van der Waals surface area contributed by atoms with Gasteiger partial charge in [-0.25, -0.2) is 0 Å². The summed E-state index contributed by atoms with van der Waals surface area (Å²) in [5.74, 6) is -0.350. The van der Waals surface area contributed by atoms with Crippen LogP contribution in [0.15, 0.2) is 72.9 Å². The number of esters is 1. The SMILES string of the molecule is CC/C=C\C/C=C\C/C=C\C/C=C\C/C=C\CCCCCCCCCC(=O)OC(COCCCCCCCC/C=C\CCCCCC)COP(=O)([O-])OCC[N+](C)(C)C. The van der Waals surface area contributed by atoms with Gasteiger partial charge in [0.15, 0.2) is 0 Å². The molecule has 2 atom stereocenters. The third-order valence-electron chi connectivity index (χ3n) is 9.74. The largest absolute Gasteiger partial charge is 0.756 e. The van der Waals surface area contributed by atoms with E-state index in [2.05, 4.69) is 86.8 Å². The fraction of sp³-hybridized carbons (Fsp3) is 0.740. The van der Waals surface area contributed by atoms with E-state index in [9.17, 15) is 14.3 Å². The van der Waals surface area contributed by atoms with Crippen LogP contribution in [0.5, 0.6) is 0 Å². The summed E-state index contributed by atoms with van der Waals surface area (Å²) in [5, 5.41) is 0. The number of carbonyl (C=O) groups is 1. The molecule has 0 aliphatic heterocycles. The molecule has 0 fully saturated rings. The minimum Gasteiger partial charge on any atom is -0.756 e. The zero-order chi connectivity index (χ0) is 43.4. The van der Waals surface area contributed by atoms with Gasteiger partial charge < -0.3 is 27.9 Å². The van der Waals surface area contributed by atoms with Crippen LogP contribution in [-0.4, -0.2) is 70.7 Å². The lowest BCUT2D eigenvalue weighted by Crippen LogP contribution is -2.37. The lowest BCUT2D eigenvalue weighted by Gasteiger charge is -2.28. The number of carbonyl (C=O) groups excluding carboxylic acids is 1. The van der Waals surface area contributed by atoms with E-state index < -0.39 is 13.9 Å². The van der Waals surface area contributed by atoms with E-state index in [1.807, 2.05) is 21.1 Å². The fourth-order valence-electron chi connectivity index (χ4n) is 6.10. The van der Waals surface area contributed by atoms with Crippen molar-refractivity contribution < 1.29 is 37.3 Å². The molecule has 8 nitrogen and oxygen atoms in total. The Bertz CT molecular complexity index is 1170. The fourth-order valence-corrected chi connectivity index (χ4v) is 6.82. The molecule has 0 aromatic carbocycles. The van der Waals surface area contributed by atoms with Crippen LogP contribution in [0.1, 0.15) is 181 Å². The van der Waals surface area contributed by atoms with Gasteiger partial charge in [0.05, 0.1) is 34.4 Å². The molecule has 0 aliphatic rings. The number of quaternary nitrogens is 1. The van der Waals surface area contributed by atoms with Crippen LogP contribution in [0, 0.1) is 0 Å². The van der Waals surface area contributed by atoms with Crippen molar-refractivity contribution in [1.29, 1.82) is 0 Å². The van der Waals surface area contributed by atoms with E-state index >= 15 is 0 Å². The number of likely N-dealkylation sites (N-methyl/N-ethyl adjacent to an activating group) is 1. The first-order chi connectivity index (χ1) is 28.6. The topological polar surface area (TPSA) is 94.1 Å². The van der Waals surface area contributed by atoms with Crippen molar-refractivity contribution in [2.45, 2.75) is 187 Å². The zero-order valence-corrected chi connectivity index (χ0v) is 39.6. The Balaban J connectivity index is 4.22. The summed E-state index contributed by atoms with van der Waals surface area (Å²) < 4.78 is 34.6. The van der Waals surface area contributed by atoms with Crippen LogP contribution in [0.4, 0.5) is 0 Å². The second-order valence-electron chi connectivity index (χ2n) is 16.7. The van der Waals surface area contributed by atoms with Gasteiger partial charge >= 0.3 is 5.97 Å². The van der Waals surface area contributed by atoms with E-state index in [0.717, 1.165) is 77.0 Å². The van der Waals surface area contributed by atoms with Gasteiger partial charge in [0, 0.05) is 13.0 Å². The molecule has 59 heavy (non-hydrogen) atoms. The number of unbranched alkanes of at least 4 members (excludes halogenated alkanes) is 17. The standard InChI is InChI=1S/C50H90NO7P/c1-6-8-10-12-14-16-18-20-22-23-24-25-26-27-28-29-30-31-33-35-37-39-41-43-50(52)58-49(48-57-59(53,54)56-46-44-51(3,4)5)47-55-45-42-40-38-36-34-32-21-19-17-15-13-11-9-7-2/h8,10,14,16-17,19-20,22,24-25,27-28,49H,6-7,9,11-13,15,18,21,23,26,29-48H2,1-5H3/b10-8-,16-14-,19-17-,22-20-,25-24-,28-27-. The van der Waals surface area contributed by atoms with Gasteiger partial charge in [-0.3, -0.25) is 9.36 Å². The average Bonchev–Trinajstić information content (AvgIpc) is 3.19. The maximum absolute atomic E-state index is 12.7. The Morgan fingerprint density at radius 1 is 0.542 bits per heavy atom. The summed E-state index contributed by atoms with van der Waals surface area (Å²) in [5.41, 5.74) is 0. The quantitative estimate of drug-likeness (QED) is 0.0198. The molecule has 9 heteroatoms. The van der Waals surface area contributed by atoms with Crippen molar-refractivity contribution in [1.82, 2.24) is 0 Å². The highest BCUT2D eigenvalue weighted by Gasteiger charge is 2.20. The molecular weight excluding hydrogens is 758 g/mol. The van der Waals surface area contributed by atoms with Crippen LogP contribution in [0.2, 0.25) is 0 Å². The van der Waals surface area contributed by atoms with E-state index in [1.165, 1.54) is 83.5 Å². The number of allylic oxidation sites excluding steroid dienone is 12. The van der Waals surface area contributed by atoms with Crippen LogP contribution >= 0.6 is 7.82 Å². The molecule has 2 unspecified atom stereocenters. The molecule has 342 valence electrons. The molecule has 0 spiro atoms. The molecule has 0 bridgehead atoms. The summed E-state index contributed by atoms with van der Waals surface area (Å²) in [6.45, 7) is 5.25. The molecular formula is C50H90NO7P. The Kier molecular flexibility index (Phi) is 41.1. The average molecular weight is 848 g/mol. The molecule has 0 aromatic heterocycles. The van der Waals surface area contributed by atoms with Crippen molar-refractivity contribution in [2.75, 3.05) is 54.1 Å². The molecule has 0 aliphatic carbocycles. The summed E-state index contributed by atoms with van der Waals surface area (Å²) in [6, 6.07) is 0. The summed E-state index contributed by atoms with van der Waals surface area (Å²) in [6.07, 6.45) is 54.8. The first kappa shape index (κ1) is 56.9. The second-order valence-corrected chi connectivity index (χ2v) is 18.1. The van der Waals surface area contributed by atoms with Gasteiger partial charge in [-0.2, -0.15) is 0 Å². The van der Waals surface area contributed by atoms with Gasteiger partial charge in [0.2, 0.25) is 0 Å². The van der Waals surface area contributed by atoms with Crippen molar-refractivity contribution in [2.24, 2.45) is 0 Å². The number of nitrogens with zero attached hydrogens (tertiary/aromatic N) is 1. The Morgan fingerprint density at radius 2 is 0.983 bits per heavy atom. The van der Waals surface area contributed by atoms with Gasteiger partial charge in [0.1, 0.15) is 19.3 Å². The predicted octanol–water partition coefficient (Wildman–Crippen LogP) is 13.6. The molecule has 0 saturated heterocycles. The molecule has 0 N–H and O–H groups in total. The normalized spacial score (nSPS) is 14.3. The lowest BCUT2D eigenvalue weighted by atomic mass is 10.1. The van der Waals surface area contributed by atoms with Crippen molar-refractivity contribution in [3.63, 3.8) is 0 Å². The highest BCUT2D eigenvalue weighted by atomic mass is 31.2. The number of phosphoric acid groups is 1. The predicted molar refractivity (Wildman–Crippen MR) is 249 cm³/mol. The minimum atomic E-state index is -4.53. The zero-order valence-electron chi connectivity index (χ0n) is 38.7. The van der Waals surface area contributed by atoms with E-state index in [1.54, 1.807) is 0 Å². The molecule has 0 amide bonds. The van der Waals surface area contributed by atoms with Gasteiger partial charge in [-0.15, -0.1) is 0 Å². The Labute approximate surface area is 363 Å². The number of rotatable bonds is 43. The van der Waals surface area contributed by atoms with Crippen LogP contribution in [0.25, 0.3) is 0 Å². The molecule has 0 rings (SSSR count). The minimum absolute atomic E-state index is 0.0192. The van der Waals surface area contributed by atoms with Gasteiger partial charge in [-0.05, 0) is 83.5 Å². The second kappa shape index (κ2) is 42.6. The monoisotopic (exact) mass is 848 g/mol. The first-order valence-electron chi connectivity index (χ1n) is 23.7. The smallest absolute Gasteiger partial charge is 0.306 e. The Hall–Kier alpha value is -2.06. The van der Waals surface area contributed by atoms with Gasteiger partial charge in [0.25, 0.3) is 7.82 Å². The number of ether oxygens (including phenoxy) is 2. The van der Waals surface area contributed by atoms with Crippen molar-refractivity contribution >= 4 is 13.8 Å². The van der Waals surface area contributed by atoms with Crippen molar-refractivity contribution in [3.8, 4) is 0 Å².